The van der Waals surface area contributed by atoms with Gasteiger partial charge in [-0.05, 0) is 29.7 Å². The van der Waals surface area contributed by atoms with Crippen molar-refractivity contribution in [2.75, 3.05) is 0 Å². The molecule has 0 amide bonds. The van der Waals surface area contributed by atoms with Gasteiger partial charge >= 0.3 is 0 Å². The van der Waals surface area contributed by atoms with Crippen molar-refractivity contribution in [3.63, 3.8) is 0 Å². The Labute approximate surface area is 124 Å². The predicted octanol–water partition coefficient (Wildman–Crippen LogP) is 3.42. The van der Waals surface area contributed by atoms with Crippen LogP contribution in [0.2, 0.25) is 0 Å². The highest BCUT2D eigenvalue weighted by molar-refractivity contribution is 5.27. The van der Waals surface area contributed by atoms with Crippen LogP contribution in [0, 0.1) is 0 Å². The molecule has 0 atom stereocenters. The van der Waals surface area contributed by atoms with E-state index in [1.165, 1.54) is 5.56 Å². The normalized spacial score (nSPS) is 10.7. The van der Waals surface area contributed by atoms with Crippen molar-refractivity contribution in [3.8, 4) is 5.75 Å². The van der Waals surface area contributed by atoms with Crippen LogP contribution in [-0.4, -0.2) is 14.7 Å². The number of benzene rings is 2. The van der Waals surface area contributed by atoms with Crippen molar-refractivity contribution in [3.05, 3.63) is 83.9 Å². The summed E-state index contributed by atoms with van der Waals surface area (Å²) in [7, 11) is 0. The number of nitrogens with zero attached hydrogens (tertiary/aromatic N) is 2. The Bertz CT molecular complexity index is 704. The number of hydrogen-bond acceptors (Lipinski definition) is 2. The highest BCUT2D eigenvalue weighted by Crippen LogP contribution is 2.14. The van der Waals surface area contributed by atoms with Gasteiger partial charge in [0.25, 0.3) is 0 Å². The fraction of sp³-hybridized carbons (Fsp3) is 0.167. The Kier molecular flexibility index (Phi) is 4.01. The maximum absolute atomic E-state index is 9.54. The third-order valence-electron chi connectivity index (χ3n) is 3.55. The van der Waals surface area contributed by atoms with E-state index in [1.54, 1.807) is 12.1 Å². The zero-order valence-corrected chi connectivity index (χ0v) is 11.8. The van der Waals surface area contributed by atoms with Gasteiger partial charge < -0.3 is 9.67 Å². The zero-order valence-electron chi connectivity index (χ0n) is 11.8. The van der Waals surface area contributed by atoms with Crippen molar-refractivity contribution in [2.45, 2.75) is 19.4 Å². The summed E-state index contributed by atoms with van der Waals surface area (Å²) < 4.78 is 2.14. The van der Waals surface area contributed by atoms with Gasteiger partial charge in [0.15, 0.2) is 0 Å². The largest absolute Gasteiger partial charge is 0.508 e. The van der Waals surface area contributed by atoms with Gasteiger partial charge in [-0.2, -0.15) is 0 Å². The van der Waals surface area contributed by atoms with Crippen LogP contribution in [0.15, 0.2) is 67.0 Å². The standard InChI is InChI=1S/C18H18N2O/c21-17-8-4-7-16(13-17)14-20-12-11-19-18(20)10-9-15-5-2-1-3-6-15/h1-8,11-13,21H,9-10,14H2. The van der Waals surface area contributed by atoms with E-state index in [1.807, 2.05) is 30.6 Å². The maximum atomic E-state index is 9.54. The minimum atomic E-state index is 0.304. The van der Waals surface area contributed by atoms with Crippen LogP contribution in [0.3, 0.4) is 0 Å². The molecule has 0 aliphatic heterocycles. The first-order valence-electron chi connectivity index (χ1n) is 7.13. The second-order valence-corrected chi connectivity index (χ2v) is 5.13. The quantitative estimate of drug-likeness (QED) is 0.776. The average Bonchev–Trinajstić information content (AvgIpc) is 2.93. The van der Waals surface area contributed by atoms with Crippen LogP contribution in [0.1, 0.15) is 17.0 Å². The van der Waals surface area contributed by atoms with Gasteiger partial charge in [0.2, 0.25) is 0 Å². The van der Waals surface area contributed by atoms with Gasteiger partial charge in [0.05, 0.1) is 0 Å². The van der Waals surface area contributed by atoms with Crippen LogP contribution in [0.5, 0.6) is 5.75 Å². The highest BCUT2D eigenvalue weighted by Gasteiger charge is 2.04. The summed E-state index contributed by atoms with van der Waals surface area (Å²) in [6.07, 6.45) is 5.72. The van der Waals surface area contributed by atoms with Gasteiger partial charge in [-0.3, -0.25) is 0 Å². The van der Waals surface area contributed by atoms with E-state index in [0.717, 1.165) is 30.8 Å². The molecule has 1 aromatic heterocycles. The zero-order chi connectivity index (χ0) is 14.5. The van der Waals surface area contributed by atoms with Gasteiger partial charge in [0, 0.05) is 25.4 Å². The molecule has 0 bridgehead atoms. The van der Waals surface area contributed by atoms with Crippen molar-refractivity contribution in [1.82, 2.24) is 9.55 Å². The van der Waals surface area contributed by atoms with E-state index in [2.05, 4.69) is 33.8 Å². The molecule has 1 heterocycles. The number of imidazole rings is 1. The van der Waals surface area contributed by atoms with Crippen LogP contribution in [0.4, 0.5) is 0 Å². The fourth-order valence-corrected chi connectivity index (χ4v) is 2.46. The topological polar surface area (TPSA) is 38.0 Å². The molecule has 3 nitrogen and oxygen atoms in total. The molecule has 2 aromatic carbocycles. The minimum absolute atomic E-state index is 0.304. The number of aromatic nitrogens is 2. The van der Waals surface area contributed by atoms with E-state index in [0.29, 0.717) is 5.75 Å². The summed E-state index contributed by atoms with van der Waals surface area (Å²) in [5, 5.41) is 9.54. The lowest BCUT2D eigenvalue weighted by Gasteiger charge is -2.08. The summed E-state index contributed by atoms with van der Waals surface area (Å²) in [6.45, 7) is 0.735. The Morgan fingerprint density at radius 2 is 1.71 bits per heavy atom. The Morgan fingerprint density at radius 1 is 0.905 bits per heavy atom. The van der Waals surface area contributed by atoms with Crippen molar-refractivity contribution >= 4 is 0 Å². The molecule has 0 aliphatic rings. The van der Waals surface area contributed by atoms with Gasteiger partial charge in [-0.15, -0.1) is 0 Å². The molecule has 0 radical (unpaired) electrons. The SMILES string of the molecule is Oc1cccc(Cn2ccnc2CCc2ccccc2)c1. The molecule has 1 N–H and O–H groups in total. The summed E-state index contributed by atoms with van der Waals surface area (Å²) in [5.41, 5.74) is 2.40. The summed E-state index contributed by atoms with van der Waals surface area (Å²) >= 11 is 0. The highest BCUT2D eigenvalue weighted by atomic mass is 16.3. The van der Waals surface area contributed by atoms with Crippen LogP contribution >= 0.6 is 0 Å². The third kappa shape index (κ3) is 3.51. The first kappa shape index (κ1) is 13.4. The van der Waals surface area contributed by atoms with Crippen LogP contribution in [-0.2, 0) is 19.4 Å². The molecule has 3 aromatic rings. The number of aryl methyl sites for hydroxylation is 2. The number of hydrogen-bond donors (Lipinski definition) is 1. The van der Waals surface area contributed by atoms with Crippen molar-refractivity contribution in [2.24, 2.45) is 0 Å². The van der Waals surface area contributed by atoms with Gasteiger partial charge in [0.1, 0.15) is 11.6 Å². The molecule has 0 unspecified atom stereocenters. The summed E-state index contributed by atoms with van der Waals surface area (Å²) in [5.74, 6) is 1.38. The molecular formula is C18H18N2O. The fourth-order valence-electron chi connectivity index (χ4n) is 2.46. The smallest absolute Gasteiger partial charge is 0.115 e. The first-order valence-corrected chi connectivity index (χ1v) is 7.13. The Hall–Kier alpha value is -2.55. The number of phenols is 1. The Morgan fingerprint density at radius 3 is 2.52 bits per heavy atom. The summed E-state index contributed by atoms with van der Waals surface area (Å²) in [6, 6.07) is 17.8. The summed E-state index contributed by atoms with van der Waals surface area (Å²) in [4.78, 5) is 4.45. The lowest BCUT2D eigenvalue weighted by atomic mass is 10.1. The molecule has 0 spiro atoms. The lowest BCUT2D eigenvalue weighted by Crippen LogP contribution is -2.05. The molecule has 0 fully saturated rings. The number of rotatable bonds is 5. The molecule has 21 heavy (non-hydrogen) atoms. The van der Waals surface area contributed by atoms with E-state index in [-0.39, 0.29) is 0 Å². The van der Waals surface area contributed by atoms with Gasteiger partial charge in [-0.1, -0.05) is 42.5 Å². The molecule has 3 rings (SSSR count). The van der Waals surface area contributed by atoms with E-state index >= 15 is 0 Å². The minimum Gasteiger partial charge on any atom is -0.508 e. The van der Waals surface area contributed by atoms with Gasteiger partial charge in [-0.25, -0.2) is 4.98 Å². The number of phenolic OH excluding ortho intramolecular Hbond substituents is 1. The average molecular weight is 278 g/mol. The first-order chi connectivity index (χ1) is 10.3. The van der Waals surface area contributed by atoms with Crippen LogP contribution in [0.25, 0.3) is 0 Å². The molecule has 106 valence electrons. The third-order valence-corrected chi connectivity index (χ3v) is 3.55. The molecular weight excluding hydrogens is 260 g/mol. The monoisotopic (exact) mass is 278 g/mol. The lowest BCUT2D eigenvalue weighted by molar-refractivity contribution is 0.474. The Balaban J connectivity index is 1.69. The van der Waals surface area contributed by atoms with Crippen molar-refractivity contribution < 1.29 is 5.11 Å². The van der Waals surface area contributed by atoms with E-state index in [4.69, 9.17) is 0 Å². The maximum Gasteiger partial charge on any atom is 0.115 e. The van der Waals surface area contributed by atoms with Crippen LogP contribution < -0.4 is 0 Å². The molecule has 0 saturated carbocycles. The predicted molar refractivity (Wildman–Crippen MR) is 83.3 cm³/mol. The molecule has 0 aliphatic carbocycles. The second-order valence-electron chi connectivity index (χ2n) is 5.13. The number of aromatic hydroxyl groups is 1. The molecule has 3 heteroatoms. The second kappa shape index (κ2) is 6.27. The van der Waals surface area contributed by atoms with E-state index < -0.39 is 0 Å². The van der Waals surface area contributed by atoms with Crippen molar-refractivity contribution in [1.29, 1.82) is 0 Å². The van der Waals surface area contributed by atoms with E-state index in [9.17, 15) is 5.11 Å². The molecule has 0 saturated heterocycles.